The van der Waals surface area contributed by atoms with E-state index in [0.717, 1.165) is 44.9 Å². The molecule has 0 N–H and O–H groups in total. The number of carbonyl (C=O) groups excluding carboxylic acids is 1. The summed E-state index contributed by atoms with van der Waals surface area (Å²) >= 11 is 0.841. The molecule has 3 rings (SSSR count). The number of ether oxygens (including phenoxy) is 2. The maximum absolute atomic E-state index is 13.7. The van der Waals surface area contributed by atoms with Crippen LogP contribution < -0.4 is 4.74 Å². The molecular formula is C26H28F3NO3S. The Bertz CT molecular complexity index is 1180. The first kappa shape index (κ1) is 25.7. The SMILES string of the molecule is CCOC(=O)CCc1ccc(OCc2c(C(F)(F)F)nsc2-c2ccc(C)cc2C)c(C)c1C. The largest absolute Gasteiger partial charge is 0.488 e. The van der Waals surface area contributed by atoms with E-state index in [1.807, 2.05) is 52.0 Å². The van der Waals surface area contributed by atoms with Crippen LogP contribution in [0.2, 0.25) is 0 Å². The third-order valence-corrected chi connectivity index (χ3v) is 6.73. The van der Waals surface area contributed by atoms with Crippen LogP contribution in [0.1, 0.15) is 52.4 Å². The number of aromatic nitrogens is 1. The van der Waals surface area contributed by atoms with Crippen LogP contribution in [0.5, 0.6) is 5.75 Å². The molecule has 0 fully saturated rings. The normalized spacial score (nSPS) is 11.5. The smallest absolute Gasteiger partial charge is 0.434 e. The zero-order chi connectivity index (χ0) is 25.0. The van der Waals surface area contributed by atoms with Crippen molar-refractivity contribution in [2.24, 2.45) is 0 Å². The number of aryl methyl sites for hydroxylation is 3. The number of hydrogen-bond acceptors (Lipinski definition) is 5. The summed E-state index contributed by atoms with van der Waals surface area (Å²) in [6.45, 7) is 9.44. The lowest BCUT2D eigenvalue weighted by molar-refractivity contribution is -0.143. The van der Waals surface area contributed by atoms with Crippen LogP contribution in [-0.4, -0.2) is 16.9 Å². The second-order valence-electron chi connectivity index (χ2n) is 8.22. The number of hydrogen-bond donors (Lipinski definition) is 0. The summed E-state index contributed by atoms with van der Waals surface area (Å²) < 4.78 is 55.8. The predicted octanol–water partition coefficient (Wildman–Crippen LogP) is 7.14. The van der Waals surface area contributed by atoms with Crippen LogP contribution in [0.25, 0.3) is 10.4 Å². The molecule has 0 unspecified atom stereocenters. The molecule has 8 heteroatoms. The minimum absolute atomic E-state index is 0.0351. The molecule has 1 aromatic heterocycles. The topological polar surface area (TPSA) is 48.4 Å². The Morgan fingerprint density at radius 2 is 1.79 bits per heavy atom. The van der Waals surface area contributed by atoms with Gasteiger partial charge in [-0.2, -0.15) is 17.5 Å². The number of halogens is 3. The summed E-state index contributed by atoms with van der Waals surface area (Å²) in [6, 6.07) is 9.23. The van der Waals surface area contributed by atoms with Gasteiger partial charge in [0, 0.05) is 12.0 Å². The maximum atomic E-state index is 13.7. The molecule has 0 bridgehead atoms. The number of carbonyl (C=O) groups is 1. The van der Waals surface area contributed by atoms with Gasteiger partial charge in [0.05, 0.1) is 11.5 Å². The van der Waals surface area contributed by atoms with Crippen molar-refractivity contribution in [1.29, 1.82) is 0 Å². The van der Waals surface area contributed by atoms with Crippen LogP contribution in [-0.2, 0) is 28.7 Å². The van der Waals surface area contributed by atoms with Crippen LogP contribution in [0.3, 0.4) is 0 Å². The van der Waals surface area contributed by atoms with Gasteiger partial charge in [-0.25, -0.2) is 0 Å². The number of esters is 1. The Morgan fingerprint density at radius 3 is 2.44 bits per heavy atom. The molecular weight excluding hydrogens is 463 g/mol. The molecule has 2 aromatic carbocycles. The molecule has 34 heavy (non-hydrogen) atoms. The lowest BCUT2D eigenvalue weighted by Crippen LogP contribution is -2.11. The lowest BCUT2D eigenvalue weighted by Gasteiger charge is -2.16. The molecule has 0 aliphatic rings. The Kier molecular flexibility index (Phi) is 8.02. The standard InChI is InChI=1S/C26H28F3NO3S/c1-6-32-23(31)12-9-19-8-11-22(18(5)17(19)4)33-14-21-24(34-30-25(21)26(27,28)29)20-10-7-15(2)13-16(20)3/h7-8,10-11,13H,6,9,12,14H2,1-5H3. The summed E-state index contributed by atoms with van der Waals surface area (Å²) in [5, 5.41) is 0. The summed E-state index contributed by atoms with van der Waals surface area (Å²) in [5.74, 6) is 0.242. The number of benzene rings is 2. The quantitative estimate of drug-likeness (QED) is 0.314. The van der Waals surface area contributed by atoms with E-state index in [1.54, 1.807) is 13.0 Å². The molecule has 0 atom stereocenters. The lowest BCUT2D eigenvalue weighted by atomic mass is 9.98. The average Bonchev–Trinajstić information content (AvgIpc) is 3.18. The van der Waals surface area contributed by atoms with Crippen molar-refractivity contribution in [2.75, 3.05) is 6.61 Å². The van der Waals surface area contributed by atoms with E-state index >= 15 is 0 Å². The molecule has 4 nitrogen and oxygen atoms in total. The second-order valence-corrected chi connectivity index (χ2v) is 8.99. The van der Waals surface area contributed by atoms with Gasteiger partial charge in [-0.15, -0.1) is 0 Å². The highest BCUT2D eigenvalue weighted by atomic mass is 32.1. The van der Waals surface area contributed by atoms with Gasteiger partial charge in [0.1, 0.15) is 12.4 Å². The molecule has 0 radical (unpaired) electrons. The Balaban J connectivity index is 1.88. The second kappa shape index (κ2) is 10.6. The summed E-state index contributed by atoms with van der Waals surface area (Å²) in [4.78, 5) is 12.1. The molecule has 0 saturated heterocycles. The molecule has 182 valence electrons. The minimum atomic E-state index is -4.58. The highest BCUT2D eigenvalue weighted by Gasteiger charge is 2.38. The molecule has 0 amide bonds. The van der Waals surface area contributed by atoms with Gasteiger partial charge in [0.25, 0.3) is 0 Å². The Hall–Kier alpha value is -2.87. The van der Waals surface area contributed by atoms with E-state index in [1.165, 1.54) is 0 Å². The zero-order valence-corrected chi connectivity index (χ0v) is 20.7. The molecule has 0 spiro atoms. The van der Waals surface area contributed by atoms with Crippen LogP contribution in [0.15, 0.2) is 30.3 Å². The van der Waals surface area contributed by atoms with Gasteiger partial charge >= 0.3 is 12.1 Å². The van der Waals surface area contributed by atoms with E-state index < -0.39 is 11.9 Å². The van der Waals surface area contributed by atoms with Gasteiger partial charge in [-0.3, -0.25) is 4.79 Å². The van der Waals surface area contributed by atoms with Crippen molar-refractivity contribution in [3.63, 3.8) is 0 Å². The summed E-state index contributed by atoms with van der Waals surface area (Å²) in [5.41, 5.74) is 4.51. The van der Waals surface area contributed by atoms with Crippen LogP contribution in [0, 0.1) is 27.7 Å². The number of nitrogens with zero attached hydrogens (tertiary/aromatic N) is 1. The van der Waals surface area contributed by atoms with Crippen LogP contribution in [0.4, 0.5) is 13.2 Å². The monoisotopic (exact) mass is 491 g/mol. The fourth-order valence-electron chi connectivity index (χ4n) is 3.84. The first-order chi connectivity index (χ1) is 16.0. The molecule has 0 aliphatic heterocycles. The van der Waals surface area contributed by atoms with Gasteiger partial charge < -0.3 is 9.47 Å². The Morgan fingerprint density at radius 1 is 1.06 bits per heavy atom. The fourth-order valence-corrected chi connectivity index (χ4v) is 4.83. The minimum Gasteiger partial charge on any atom is -0.488 e. The highest BCUT2D eigenvalue weighted by molar-refractivity contribution is 7.09. The third kappa shape index (κ3) is 5.78. The third-order valence-electron chi connectivity index (χ3n) is 5.81. The average molecular weight is 492 g/mol. The summed E-state index contributed by atoms with van der Waals surface area (Å²) in [7, 11) is 0. The molecule has 3 aromatic rings. The van der Waals surface area contributed by atoms with E-state index in [0.29, 0.717) is 23.7 Å². The molecule has 1 heterocycles. The Labute approximate surface area is 201 Å². The number of alkyl halides is 3. The first-order valence-corrected chi connectivity index (χ1v) is 11.8. The van der Waals surface area contributed by atoms with Gasteiger partial charge in [0.15, 0.2) is 5.69 Å². The van der Waals surface area contributed by atoms with E-state index in [4.69, 9.17) is 9.47 Å². The fraction of sp³-hybridized carbons (Fsp3) is 0.385. The van der Waals surface area contributed by atoms with Crippen molar-refractivity contribution in [3.05, 3.63) is 69.4 Å². The van der Waals surface area contributed by atoms with E-state index in [9.17, 15) is 18.0 Å². The van der Waals surface area contributed by atoms with Crippen molar-refractivity contribution in [2.45, 2.75) is 60.2 Å². The van der Waals surface area contributed by atoms with Gasteiger partial charge in [-0.1, -0.05) is 29.8 Å². The van der Waals surface area contributed by atoms with Crippen molar-refractivity contribution >= 4 is 17.5 Å². The maximum Gasteiger partial charge on any atom is 0.434 e. The van der Waals surface area contributed by atoms with E-state index in [-0.39, 0.29) is 24.6 Å². The molecule has 0 saturated carbocycles. The van der Waals surface area contributed by atoms with Gasteiger partial charge in [0.2, 0.25) is 0 Å². The van der Waals surface area contributed by atoms with Gasteiger partial charge in [-0.05, 0) is 86.5 Å². The first-order valence-electron chi connectivity index (χ1n) is 11.0. The zero-order valence-electron chi connectivity index (χ0n) is 19.9. The number of rotatable bonds is 8. The van der Waals surface area contributed by atoms with Crippen molar-refractivity contribution in [1.82, 2.24) is 4.37 Å². The van der Waals surface area contributed by atoms with Crippen molar-refractivity contribution in [3.8, 4) is 16.2 Å². The van der Waals surface area contributed by atoms with Crippen molar-refractivity contribution < 1.29 is 27.4 Å². The summed E-state index contributed by atoms with van der Waals surface area (Å²) in [6.07, 6.45) is -3.79. The van der Waals surface area contributed by atoms with Crippen LogP contribution >= 0.6 is 11.5 Å². The van der Waals surface area contributed by atoms with E-state index in [2.05, 4.69) is 4.37 Å². The highest BCUT2D eigenvalue weighted by Crippen LogP contribution is 2.41. The molecule has 0 aliphatic carbocycles. The predicted molar refractivity (Wildman–Crippen MR) is 127 cm³/mol.